The summed E-state index contributed by atoms with van der Waals surface area (Å²) in [4.78, 5) is 43.8. The number of imidazole rings is 1. The van der Waals surface area contributed by atoms with Gasteiger partial charge in [0.05, 0.1) is 25.6 Å². The fourth-order valence-corrected chi connectivity index (χ4v) is 9.31. The highest BCUT2D eigenvalue weighted by Crippen LogP contribution is 2.58. The van der Waals surface area contributed by atoms with Gasteiger partial charge >= 0.3 is 19.3 Å². The molecule has 7 rings (SSSR count). The minimum Gasteiger partial charge on any atom is -0.382 e. The van der Waals surface area contributed by atoms with Crippen LogP contribution in [0.15, 0.2) is 22.2 Å². The highest BCUT2D eigenvalue weighted by molar-refractivity contribution is 8.44. The maximum absolute atomic E-state index is 13.6. The summed E-state index contributed by atoms with van der Waals surface area (Å²) >= 11 is 4.82. The van der Waals surface area contributed by atoms with Crippen LogP contribution in [0.1, 0.15) is 25.8 Å². The van der Waals surface area contributed by atoms with Gasteiger partial charge in [-0.2, -0.15) is 4.98 Å². The number of nitrogens with one attached hydrogen (secondary N) is 1. The van der Waals surface area contributed by atoms with E-state index < -0.39 is 67.6 Å². The topological polar surface area (TPSA) is 253 Å². The average Bonchev–Trinajstić information content (AvgIpc) is 3.71. The number of thiazole rings is 1. The van der Waals surface area contributed by atoms with Gasteiger partial charge in [-0.15, -0.1) is 0 Å². The van der Waals surface area contributed by atoms with E-state index in [2.05, 4.69) is 37.2 Å². The number of thiol groups is 1. The van der Waals surface area contributed by atoms with E-state index >= 15 is 0 Å². The number of nitrogen functional groups attached to an aromatic ring is 2. The predicted molar refractivity (Wildman–Crippen MR) is 162 cm³/mol. The number of aromatic nitrogens is 7. The molecule has 4 unspecified atom stereocenters. The van der Waals surface area contributed by atoms with Crippen LogP contribution in [0.3, 0.4) is 0 Å². The molecule has 4 aromatic rings. The lowest BCUT2D eigenvalue weighted by molar-refractivity contribution is -0.0571. The number of ether oxygens (including phenoxy) is 2. The van der Waals surface area contributed by atoms with Crippen molar-refractivity contribution >= 4 is 71.3 Å². The maximum atomic E-state index is 13.6. The second-order valence-corrected chi connectivity index (χ2v) is 16.6. The van der Waals surface area contributed by atoms with Gasteiger partial charge < -0.3 is 30.0 Å². The van der Waals surface area contributed by atoms with Crippen LogP contribution >= 0.6 is 38.0 Å². The number of H-pyrrole nitrogens is 1. The molecule has 0 spiro atoms. The van der Waals surface area contributed by atoms with E-state index in [1.165, 1.54) is 19.3 Å². The molecule has 5 N–H and O–H groups in total. The number of nitrogens with two attached hydrogens (primary N) is 2. The van der Waals surface area contributed by atoms with E-state index in [0.29, 0.717) is 22.5 Å². The molecule has 45 heavy (non-hydrogen) atoms. The smallest absolute Gasteiger partial charge is 0.382 e. The Bertz CT molecular complexity index is 2020. The fraction of sp³-hybridized carbons (Fsp3) is 0.545. The van der Waals surface area contributed by atoms with Crippen molar-refractivity contribution in [3.05, 3.63) is 32.7 Å². The number of fused-ring (bicyclic) bond motifs is 5. The normalized spacial score (nSPS) is 36.0. The minimum absolute atomic E-state index is 0.00957. The Balaban J connectivity index is 1.20. The van der Waals surface area contributed by atoms with Crippen LogP contribution in [0.5, 0.6) is 0 Å². The number of anilines is 2. The molecule has 3 fully saturated rings. The first-order valence-corrected chi connectivity index (χ1v) is 19.0. The standard InChI is InChI=1S/C22H27N9O10P2S2/c1-8-13-11(39-19(8)30-7-27-12-15(23)25-6-26-16(12)30)5-37-43(35,44)40-10-3-9(4-36-42(2,34)41-13)38-20(10)31-17-14(45-22(31)33)18(32)29-21(24)28-17/h6-11,13,19-20H,3-5H2,1-2H3,(H,35,44)(H2,23,25,26)(H3,24,28,29,32)/t8-,9?,10-,11?,13?,19-,20-,42?,43-/m1/s1. The highest BCUT2D eigenvalue weighted by Gasteiger charge is 2.50. The van der Waals surface area contributed by atoms with Crippen molar-refractivity contribution in [1.82, 2.24) is 34.1 Å². The van der Waals surface area contributed by atoms with Gasteiger partial charge in [-0.3, -0.25) is 37.3 Å². The SMILES string of the molecule is C[C@@H]1C2OP(C)(=O)OCC3C[C@@H](O[P@](=O)(S)OCC2O[C@H]1n1cnc2c(N)ncnc21)[C@H](n1c(=O)sc2c(=O)[nH]c(N)nc21)O3. The molecule has 242 valence electrons. The summed E-state index contributed by atoms with van der Waals surface area (Å²) < 4.78 is 65.7. The molecule has 0 amide bonds. The zero-order chi connectivity index (χ0) is 31.8. The van der Waals surface area contributed by atoms with Crippen LogP contribution < -0.4 is 21.9 Å². The lowest BCUT2D eigenvalue weighted by Crippen LogP contribution is -2.32. The van der Waals surface area contributed by atoms with Crippen LogP contribution in [0.4, 0.5) is 11.8 Å². The van der Waals surface area contributed by atoms with Crippen molar-refractivity contribution in [2.75, 3.05) is 31.3 Å². The summed E-state index contributed by atoms with van der Waals surface area (Å²) in [5.41, 5.74) is 11.8. The number of hydrogen-bond acceptors (Lipinski definition) is 17. The van der Waals surface area contributed by atoms with Crippen molar-refractivity contribution in [2.45, 2.75) is 50.2 Å². The van der Waals surface area contributed by atoms with Gasteiger partial charge in [-0.1, -0.05) is 30.5 Å². The monoisotopic (exact) mass is 703 g/mol. The van der Waals surface area contributed by atoms with Crippen LogP contribution in [-0.2, 0) is 36.7 Å². The van der Waals surface area contributed by atoms with Gasteiger partial charge in [0.2, 0.25) is 5.95 Å². The zero-order valence-corrected chi connectivity index (χ0v) is 27.0. The van der Waals surface area contributed by atoms with Gasteiger partial charge in [-0.25, -0.2) is 19.5 Å². The van der Waals surface area contributed by atoms with E-state index in [1.54, 1.807) is 4.57 Å². The lowest BCUT2D eigenvalue weighted by atomic mass is 10.0. The fourth-order valence-electron chi connectivity index (χ4n) is 5.71. The molecule has 4 aromatic heterocycles. The zero-order valence-electron chi connectivity index (χ0n) is 23.5. The van der Waals surface area contributed by atoms with Crippen molar-refractivity contribution in [2.24, 2.45) is 5.92 Å². The summed E-state index contributed by atoms with van der Waals surface area (Å²) in [6.07, 6.45) is -2.84. The van der Waals surface area contributed by atoms with Gasteiger partial charge in [0.15, 0.2) is 23.3 Å². The van der Waals surface area contributed by atoms with Crippen LogP contribution in [0.2, 0.25) is 0 Å². The van der Waals surface area contributed by atoms with Crippen molar-refractivity contribution in [3.8, 4) is 0 Å². The third-order valence-electron chi connectivity index (χ3n) is 7.68. The molecule has 0 aromatic carbocycles. The number of aromatic amines is 1. The molecule has 2 bridgehead atoms. The van der Waals surface area contributed by atoms with E-state index in [1.807, 2.05) is 6.92 Å². The van der Waals surface area contributed by atoms with E-state index in [4.69, 9.17) is 39.0 Å². The molecule has 23 heteroatoms. The lowest BCUT2D eigenvalue weighted by Gasteiger charge is -2.27. The molecule has 3 aliphatic heterocycles. The predicted octanol–water partition coefficient (Wildman–Crippen LogP) is 1.65. The summed E-state index contributed by atoms with van der Waals surface area (Å²) in [6.45, 7) is -1.65. The molecule has 3 saturated heterocycles. The van der Waals surface area contributed by atoms with E-state index in [-0.39, 0.29) is 41.7 Å². The second-order valence-electron chi connectivity index (χ2n) is 10.8. The molecule has 0 saturated carbocycles. The van der Waals surface area contributed by atoms with Crippen LogP contribution in [0.25, 0.3) is 21.5 Å². The van der Waals surface area contributed by atoms with Gasteiger partial charge in [0.1, 0.15) is 41.1 Å². The van der Waals surface area contributed by atoms with Crippen molar-refractivity contribution in [1.29, 1.82) is 0 Å². The Hall–Kier alpha value is -2.71. The molecule has 0 radical (unpaired) electrons. The quantitative estimate of drug-likeness (QED) is 0.171. The molecular weight excluding hydrogens is 676 g/mol. The third-order valence-corrected chi connectivity index (χ3v) is 11.5. The molecule has 7 heterocycles. The van der Waals surface area contributed by atoms with E-state index in [9.17, 15) is 18.7 Å². The van der Waals surface area contributed by atoms with Gasteiger partial charge in [0, 0.05) is 19.0 Å². The Morgan fingerprint density at radius 1 is 1.04 bits per heavy atom. The summed E-state index contributed by atoms with van der Waals surface area (Å²) in [7, 11) is -3.78. The third kappa shape index (κ3) is 5.64. The Morgan fingerprint density at radius 3 is 2.64 bits per heavy atom. The van der Waals surface area contributed by atoms with Crippen LogP contribution in [0, 0.1) is 5.92 Å². The largest absolute Gasteiger partial charge is 0.386 e. The average molecular weight is 704 g/mol. The first-order valence-electron chi connectivity index (χ1n) is 13.5. The summed E-state index contributed by atoms with van der Waals surface area (Å²) in [5, 5.41) is 0. The Labute approximate surface area is 261 Å². The van der Waals surface area contributed by atoms with E-state index in [0.717, 1.165) is 4.57 Å². The number of nitrogens with zero attached hydrogens (tertiary/aromatic N) is 6. The summed E-state index contributed by atoms with van der Waals surface area (Å²) in [5.74, 6) is -0.500. The molecule has 3 aliphatic rings. The molecular formula is C22H27N9O10P2S2. The summed E-state index contributed by atoms with van der Waals surface area (Å²) in [6, 6.07) is 0. The van der Waals surface area contributed by atoms with Gasteiger partial charge in [0.25, 0.3) is 5.56 Å². The van der Waals surface area contributed by atoms with Crippen molar-refractivity contribution in [3.63, 3.8) is 0 Å². The molecule has 9 atom stereocenters. The first-order chi connectivity index (χ1) is 21.3. The van der Waals surface area contributed by atoms with Gasteiger partial charge in [-0.05, 0) is 0 Å². The van der Waals surface area contributed by atoms with Crippen molar-refractivity contribution < 1.29 is 36.7 Å². The first kappa shape index (κ1) is 30.9. The maximum Gasteiger partial charge on any atom is 0.386 e. The second kappa shape index (κ2) is 11.2. The minimum atomic E-state index is -4.17. The Morgan fingerprint density at radius 2 is 1.84 bits per heavy atom. The number of rotatable bonds is 2. The highest BCUT2D eigenvalue weighted by atomic mass is 32.7. The molecule has 0 aliphatic carbocycles. The number of hydrogen-bond donors (Lipinski definition) is 4. The van der Waals surface area contributed by atoms with Crippen LogP contribution in [-0.4, -0.2) is 78.3 Å². The molecule has 19 nitrogen and oxygen atoms in total. The Kier molecular flexibility index (Phi) is 7.71.